The molecule has 2 fully saturated rings. The summed E-state index contributed by atoms with van der Waals surface area (Å²) in [6.07, 6.45) is 5.92. The lowest BCUT2D eigenvalue weighted by Gasteiger charge is -2.29. The zero-order valence-electron chi connectivity index (χ0n) is 17.8. The molecule has 2 aliphatic rings. The summed E-state index contributed by atoms with van der Waals surface area (Å²) < 4.78 is 5.30. The SMILES string of the molecule is CN=C(NCC(=O)N1CCCCC1)NCC(c1ccc(OC)cc1)N1CCCC1. The summed E-state index contributed by atoms with van der Waals surface area (Å²) >= 11 is 0. The second-order valence-corrected chi connectivity index (χ2v) is 7.78. The van der Waals surface area contributed by atoms with E-state index in [9.17, 15) is 4.79 Å². The monoisotopic (exact) mass is 401 g/mol. The average molecular weight is 402 g/mol. The molecule has 29 heavy (non-hydrogen) atoms. The molecule has 3 rings (SSSR count). The van der Waals surface area contributed by atoms with Crippen LogP contribution < -0.4 is 15.4 Å². The number of guanidine groups is 1. The number of amides is 1. The normalized spacial score (nSPS) is 19.1. The first kappa shape index (κ1) is 21.4. The third-order valence-electron chi connectivity index (χ3n) is 5.88. The van der Waals surface area contributed by atoms with Gasteiger partial charge in [-0.1, -0.05) is 12.1 Å². The predicted molar refractivity (Wildman–Crippen MR) is 116 cm³/mol. The van der Waals surface area contributed by atoms with Gasteiger partial charge in [0.25, 0.3) is 0 Å². The number of piperidine rings is 1. The number of hydrogen-bond donors (Lipinski definition) is 2. The van der Waals surface area contributed by atoms with Crippen molar-refractivity contribution in [2.45, 2.75) is 38.1 Å². The molecule has 1 amide bonds. The van der Waals surface area contributed by atoms with E-state index in [4.69, 9.17) is 4.74 Å². The zero-order chi connectivity index (χ0) is 20.5. The molecule has 160 valence electrons. The molecule has 0 bridgehead atoms. The third kappa shape index (κ3) is 6.10. The Bertz CT molecular complexity index is 664. The quantitative estimate of drug-likeness (QED) is 0.540. The molecule has 7 heteroatoms. The highest BCUT2D eigenvalue weighted by atomic mass is 16.5. The van der Waals surface area contributed by atoms with Crippen molar-refractivity contribution in [2.75, 3.05) is 53.4 Å². The lowest BCUT2D eigenvalue weighted by Crippen LogP contribution is -2.47. The van der Waals surface area contributed by atoms with Crippen molar-refractivity contribution in [3.8, 4) is 5.75 Å². The predicted octanol–water partition coefficient (Wildman–Crippen LogP) is 2.01. The van der Waals surface area contributed by atoms with Crippen molar-refractivity contribution >= 4 is 11.9 Å². The molecule has 0 spiro atoms. The molecule has 1 aromatic rings. The van der Waals surface area contributed by atoms with Crippen LogP contribution in [0, 0.1) is 0 Å². The Morgan fingerprint density at radius 1 is 1.03 bits per heavy atom. The highest BCUT2D eigenvalue weighted by Gasteiger charge is 2.24. The van der Waals surface area contributed by atoms with Crippen LogP contribution in [-0.2, 0) is 4.79 Å². The van der Waals surface area contributed by atoms with Crippen molar-refractivity contribution in [1.82, 2.24) is 20.4 Å². The maximum atomic E-state index is 12.4. The van der Waals surface area contributed by atoms with Gasteiger partial charge in [0.05, 0.1) is 19.7 Å². The van der Waals surface area contributed by atoms with Crippen LogP contribution in [0.25, 0.3) is 0 Å². The molecule has 1 unspecified atom stereocenters. The molecule has 1 atom stereocenters. The molecule has 0 aliphatic carbocycles. The Morgan fingerprint density at radius 3 is 2.31 bits per heavy atom. The molecular weight excluding hydrogens is 366 g/mol. The number of aliphatic imine (C=N–C) groups is 1. The van der Waals surface area contributed by atoms with Gasteiger partial charge in [0.2, 0.25) is 5.91 Å². The van der Waals surface area contributed by atoms with Crippen LogP contribution >= 0.6 is 0 Å². The van der Waals surface area contributed by atoms with Crippen LogP contribution in [0.5, 0.6) is 5.75 Å². The number of methoxy groups -OCH3 is 1. The molecule has 0 saturated carbocycles. The third-order valence-corrected chi connectivity index (χ3v) is 5.88. The van der Waals surface area contributed by atoms with Crippen LogP contribution in [0.2, 0.25) is 0 Å². The molecule has 2 N–H and O–H groups in total. The van der Waals surface area contributed by atoms with Gasteiger partial charge in [0.15, 0.2) is 5.96 Å². The summed E-state index contributed by atoms with van der Waals surface area (Å²) in [5.41, 5.74) is 1.26. The molecule has 0 aromatic heterocycles. The minimum atomic E-state index is 0.152. The number of nitrogens with zero attached hydrogens (tertiary/aromatic N) is 3. The molecule has 2 aliphatic heterocycles. The number of carbonyl (C=O) groups excluding carboxylic acids is 1. The van der Waals surface area contributed by atoms with Crippen LogP contribution in [-0.4, -0.2) is 75.1 Å². The summed E-state index contributed by atoms with van der Waals surface area (Å²) in [4.78, 5) is 21.2. The van der Waals surface area contributed by atoms with E-state index in [0.29, 0.717) is 5.96 Å². The summed E-state index contributed by atoms with van der Waals surface area (Å²) in [6.45, 7) is 5.00. The number of carbonyl (C=O) groups is 1. The van der Waals surface area contributed by atoms with Gasteiger partial charge in [-0.25, -0.2) is 0 Å². The second kappa shape index (κ2) is 11.0. The van der Waals surface area contributed by atoms with E-state index in [2.05, 4.69) is 32.7 Å². The van der Waals surface area contributed by atoms with Crippen molar-refractivity contribution in [1.29, 1.82) is 0 Å². The fourth-order valence-electron chi connectivity index (χ4n) is 4.17. The fraction of sp³-hybridized carbons (Fsp3) is 0.636. The summed E-state index contributed by atoms with van der Waals surface area (Å²) in [5, 5.41) is 6.62. The zero-order valence-corrected chi connectivity index (χ0v) is 17.8. The van der Waals surface area contributed by atoms with Gasteiger partial charge in [0, 0.05) is 26.7 Å². The minimum Gasteiger partial charge on any atom is -0.497 e. The van der Waals surface area contributed by atoms with Gasteiger partial charge in [-0.3, -0.25) is 14.7 Å². The molecule has 7 nitrogen and oxygen atoms in total. The highest BCUT2D eigenvalue weighted by molar-refractivity contribution is 5.86. The first-order valence-corrected chi connectivity index (χ1v) is 10.8. The second-order valence-electron chi connectivity index (χ2n) is 7.78. The first-order valence-electron chi connectivity index (χ1n) is 10.8. The van der Waals surface area contributed by atoms with Gasteiger partial charge >= 0.3 is 0 Å². The summed E-state index contributed by atoms with van der Waals surface area (Å²) in [5.74, 6) is 1.70. The number of hydrogen-bond acceptors (Lipinski definition) is 4. The van der Waals surface area contributed by atoms with Crippen LogP contribution in [0.3, 0.4) is 0 Å². The lowest BCUT2D eigenvalue weighted by molar-refractivity contribution is -0.130. The first-order chi connectivity index (χ1) is 14.2. The Labute approximate surface area is 174 Å². The number of ether oxygens (including phenoxy) is 1. The molecular formula is C22H35N5O2. The van der Waals surface area contributed by atoms with Gasteiger partial charge in [-0.15, -0.1) is 0 Å². The summed E-state index contributed by atoms with van der Waals surface area (Å²) in [7, 11) is 3.44. The van der Waals surface area contributed by atoms with Crippen LogP contribution in [0.4, 0.5) is 0 Å². The largest absolute Gasteiger partial charge is 0.497 e. The van der Waals surface area contributed by atoms with Crippen LogP contribution in [0.15, 0.2) is 29.3 Å². The average Bonchev–Trinajstić information content (AvgIpc) is 3.31. The topological polar surface area (TPSA) is 69.2 Å². The maximum Gasteiger partial charge on any atom is 0.241 e. The van der Waals surface area contributed by atoms with Gasteiger partial charge in [-0.05, 0) is 62.9 Å². The number of benzene rings is 1. The van der Waals surface area contributed by atoms with E-state index in [1.54, 1.807) is 14.2 Å². The highest BCUT2D eigenvalue weighted by Crippen LogP contribution is 2.26. The number of likely N-dealkylation sites (tertiary alicyclic amines) is 2. The van der Waals surface area contributed by atoms with E-state index < -0.39 is 0 Å². The Hall–Kier alpha value is -2.28. The number of rotatable bonds is 7. The van der Waals surface area contributed by atoms with Gasteiger partial charge in [-0.2, -0.15) is 0 Å². The van der Waals surface area contributed by atoms with Crippen LogP contribution in [0.1, 0.15) is 43.7 Å². The van der Waals surface area contributed by atoms with E-state index in [0.717, 1.165) is 51.3 Å². The van der Waals surface area contributed by atoms with Gasteiger partial charge < -0.3 is 20.3 Å². The van der Waals surface area contributed by atoms with Crippen molar-refractivity contribution in [3.05, 3.63) is 29.8 Å². The maximum absolute atomic E-state index is 12.4. The lowest BCUT2D eigenvalue weighted by atomic mass is 10.1. The van der Waals surface area contributed by atoms with Crippen molar-refractivity contribution in [3.63, 3.8) is 0 Å². The minimum absolute atomic E-state index is 0.152. The molecule has 1 aromatic carbocycles. The number of nitrogens with one attached hydrogen (secondary N) is 2. The van der Waals surface area contributed by atoms with Crippen molar-refractivity contribution < 1.29 is 9.53 Å². The Balaban J connectivity index is 1.55. The Morgan fingerprint density at radius 2 is 1.69 bits per heavy atom. The smallest absolute Gasteiger partial charge is 0.241 e. The van der Waals surface area contributed by atoms with E-state index in [1.165, 1.54) is 24.8 Å². The van der Waals surface area contributed by atoms with E-state index in [-0.39, 0.29) is 18.5 Å². The fourth-order valence-corrected chi connectivity index (χ4v) is 4.17. The molecule has 0 radical (unpaired) electrons. The molecule has 2 heterocycles. The van der Waals surface area contributed by atoms with Gasteiger partial charge in [0.1, 0.15) is 5.75 Å². The van der Waals surface area contributed by atoms with E-state index in [1.807, 2.05) is 17.0 Å². The van der Waals surface area contributed by atoms with E-state index >= 15 is 0 Å². The standard InChI is InChI=1S/C22H35N5O2/c1-23-22(25-17-21(28)27-14-4-3-5-15-27)24-16-20(26-12-6-7-13-26)18-8-10-19(29-2)11-9-18/h8-11,20H,3-7,12-17H2,1-2H3,(H2,23,24,25). The summed E-state index contributed by atoms with van der Waals surface area (Å²) in [6, 6.07) is 8.57. The molecule has 2 saturated heterocycles. The Kier molecular flexibility index (Phi) is 8.16. The van der Waals surface area contributed by atoms with Crippen molar-refractivity contribution in [2.24, 2.45) is 4.99 Å².